The first-order valence-electron chi connectivity index (χ1n) is 7.93. The number of carbonyl (C=O) groups excluding carboxylic acids is 1. The van der Waals surface area contributed by atoms with E-state index in [0.717, 1.165) is 44.6 Å². The van der Waals surface area contributed by atoms with E-state index in [1.165, 1.54) is 6.08 Å². The van der Waals surface area contributed by atoms with Crippen molar-refractivity contribution in [3.63, 3.8) is 0 Å². The third kappa shape index (κ3) is 7.60. The highest BCUT2D eigenvalue weighted by atomic mass is 16.6. The first kappa shape index (κ1) is 18.1. The second-order valence-electron chi connectivity index (χ2n) is 5.83. The average Bonchev–Trinajstić information content (AvgIpc) is 2.45. The van der Waals surface area contributed by atoms with Crippen LogP contribution in [-0.2, 0) is 9.53 Å². The zero-order valence-corrected chi connectivity index (χ0v) is 12.8. The van der Waals surface area contributed by atoms with Gasteiger partial charge < -0.3 is 20.1 Å². The molecular formula is C16H28O5. The van der Waals surface area contributed by atoms with E-state index in [9.17, 15) is 20.1 Å². The van der Waals surface area contributed by atoms with Crippen molar-refractivity contribution in [1.29, 1.82) is 0 Å². The fraction of sp³-hybridized carbons (Fsp3) is 0.812. The monoisotopic (exact) mass is 300 g/mol. The number of rotatable bonds is 0. The topological polar surface area (TPSA) is 87.0 Å². The molecule has 21 heavy (non-hydrogen) atoms. The van der Waals surface area contributed by atoms with E-state index in [4.69, 9.17) is 4.74 Å². The van der Waals surface area contributed by atoms with Crippen LogP contribution < -0.4 is 0 Å². The molecule has 4 atom stereocenters. The van der Waals surface area contributed by atoms with Gasteiger partial charge >= 0.3 is 5.97 Å². The third-order valence-electron chi connectivity index (χ3n) is 3.92. The highest BCUT2D eigenvalue weighted by molar-refractivity contribution is 5.82. The van der Waals surface area contributed by atoms with Gasteiger partial charge in [-0.15, -0.1) is 0 Å². The summed E-state index contributed by atoms with van der Waals surface area (Å²) in [7, 11) is 0. The van der Waals surface area contributed by atoms with Crippen LogP contribution in [0.25, 0.3) is 0 Å². The molecule has 0 aliphatic carbocycles. The Labute approximate surface area is 126 Å². The van der Waals surface area contributed by atoms with Crippen LogP contribution in [-0.4, -0.2) is 45.7 Å². The van der Waals surface area contributed by atoms with Gasteiger partial charge in [0.05, 0.1) is 18.3 Å². The Morgan fingerprint density at radius 3 is 2.10 bits per heavy atom. The zero-order chi connectivity index (χ0) is 15.7. The Morgan fingerprint density at radius 1 is 0.952 bits per heavy atom. The van der Waals surface area contributed by atoms with Crippen LogP contribution in [0.2, 0.25) is 0 Å². The van der Waals surface area contributed by atoms with Gasteiger partial charge in [-0.25, -0.2) is 4.79 Å². The van der Waals surface area contributed by atoms with Gasteiger partial charge in [0.25, 0.3) is 0 Å². The summed E-state index contributed by atoms with van der Waals surface area (Å²) in [5.74, 6) is -0.611. The molecular weight excluding hydrogens is 272 g/mol. The predicted molar refractivity (Wildman–Crippen MR) is 79.7 cm³/mol. The van der Waals surface area contributed by atoms with Gasteiger partial charge in [-0.1, -0.05) is 38.5 Å². The molecule has 0 aromatic rings. The number of ether oxygens (including phenoxy) is 1. The Hall–Kier alpha value is -0.910. The third-order valence-corrected chi connectivity index (χ3v) is 3.92. The summed E-state index contributed by atoms with van der Waals surface area (Å²) in [5, 5.41) is 29.4. The van der Waals surface area contributed by atoms with Crippen molar-refractivity contribution < 1.29 is 24.9 Å². The zero-order valence-electron chi connectivity index (χ0n) is 12.8. The predicted octanol–water partition coefficient (Wildman–Crippen LogP) is 1.69. The maximum Gasteiger partial charge on any atom is 0.330 e. The summed E-state index contributed by atoms with van der Waals surface area (Å²) in [4.78, 5) is 11.6. The molecule has 0 saturated heterocycles. The van der Waals surface area contributed by atoms with Crippen LogP contribution in [0.3, 0.4) is 0 Å². The van der Waals surface area contributed by atoms with E-state index < -0.39 is 30.4 Å². The molecule has 0 aromatic heterocycles. The summed E-state index contributed by atoms with van der Waals surface area (Å²) in [6.07, 6.45) is 6.39. The summed E-state index contributed by atoms with van der Waals surface area (Å²) in [5.41, 5.74) is 0. The van der Waals surface area contributed by atoms with E-state index in [0.29, 0.717) is 12.8 Å². The molecule has 0 saturated carbocycles. The lowest BCUT2D eigenvalue weighted by atomic mass is 10.0. The standard InChI is InChI=1S/C16H28O5/c1-12-13(17)8-6-4-2-3-5-7-9-14(18)15(19)10-11-16(20)21-12/h10-15,17-19H,2-9H2,1H3/t12-,13+,14+,15-/m1/s1. The fourth-order valence-corrected chi connectivity index (χ4v) is 2.43. The van der Waals surface area contributed by atoms with Gasteiger partial charge in [-0.3, -0.25) is 0 Å². The van der Waals surface area contributed by atoms with E-state index in [1.807, 2.05) is 0 Å². The minimum Gasteiger partial charge on any atom is -0.457 e. The van der Waals surface area contributed by atoms with Crippen molar-refractivity contribution in [3.05, 3.63) is 12.2 Å². The number of aliphatic hydroxyl groups is 3. The minimum atomic E-state index is -1.06. The van der Waals surface area contributed by atoms with Crippen LogP contribution in [0, 0.1) is 0 Å². The largest absolute Gasteiger partial charge is 0.457 e. The van der Waals surface area contributed by atoms with Crippen molar-refractivity contribution >= 4 is 5.97 Å². The van der Waals surface area contributed by atoms with Gasteiger partial charge in [0.1, 0.15) is 6.10 Å². The lowest BCUT2D eigenvalue weighted by Crippen LogP contribution is -2.28. The molecule has 0 radical (unpaired) electrons. The summed E-state index contributed by atoms with van der Waals surface area (Å²) < 4.78 is 5.08. The lowest BCUT2D eigenvalue weighted by Gasteiger charge is -2.19. The molecule has 0 bridgehead atoms. The first-order chi connectivity index (χ1) is 10.0. The van der Waals surface area contributed by atoms with E-state index in [2.05, 4.69) is 0 Å². The second-order valence-corrected chi connectivity index (χ2v) is 5.83. The molecule has 3 N–H and O–H groups in total. The van der Waals surface area contributed by atoms with Crippen LogP contribution in [0.15, 0.2) is 12.2 Å². The first-order valence-corrected chi connectivity index (χ1v) is 7.93. The van der Waals surface area contributed by atoms with Crippen molar-refractivity contribution in [2.45, 2.75) is 82.7 Å². The van der Waals surface area contributed by atoms with Gasteiger partial charge in [-0.05, 0) is 25.8 Å². The summed E-state index contributed by atoms with van der Waals surface area (Å²) in [6, 6.07) is 0. The second kappa shape index (κ2) is 9.92. The van der Waals surface area contributed by atoms with E-state index in [1.54, 1.807) is 6.92 Å². The number of aliphatic hydroxyl groups excluding tert-OH is 3. The van der Waals surface area contributed by atoms with Crippen molar-refractivity contribution in [2.24, 2.45) is 0 Å². The molecule has 0 fully saturated rings. The number of hydrogen-bond donors (Lipinski definition) is 3. The van der Waals surface area contributed by atoms with Crippen LogP contribution >= 0.6 is 0 Å². The smallest absolute Gasteiger partial charge is 0.330 e. The molecule has 122 valence electrons. The quantitative estimate of drug-likeness (QED) is 0.593. The fourth-order valence-electron chi connectivity index (χ4n) is 2.43. The maximum absolute atomic E-state index is 11.6. The van der Waals surface area contributed by atoms with Crippen molar-refractivity contribution in [2.75, 3.05) is 0 Å². The van der Waals surface area contributed by atoms with E-state index in [-0.39, 0.29) is 0 Å². The van der Waals surface area contributed by atoms with Gasteiger partial charge in [-0.2, -0.15) is 0 Å². The molecule has 0 amide bonds. The normalized spacial score (nSPS) is 34.4. The SMILES string of the molecule is C[C@H]1OC(=O)C=C[C@@H](O)[C@@H](O)CCCCCCCC[C@@H]1O. The Morgan fingerprint density at radius 2 is 1.48 bits per heavy atom. The molecule has 1 rings (SSSR count). The number of esters is 1. The van der Waals surface area contributed by atoms with Crippen LogP contribution in [0.1, 0.15) is 58.3 Å². The highest BCUT2D eigenvalue weighted by Crippen LogP contribution is 2.15. The van der Waals surface area contributed by atoms with E-state index >= 15 is 0 Å². The molecule has 1 aliphatic heterocycles. The Kier molecular flexibility index (Phi) is 8.57. The number of hydrogen-bond acceptors (Lipinski definition) is 5. The van der Waals surface area contributed by atoms with Gasteiger partial charge in [0.2, 0.25) is 0 Å². The van der Waals surface area contributed by atoms with Crippen molar-refractivity contribution in [1.82, 2.24) is 0 Å². The molecule has 0 unspecified atom stereocenters. The Balaban J connectivity index is 2.58. The molecule has 0 spiro atoms. The average molecular weight is 300 g/mol. The van der Waals surface area contributed by atoms with Gasteiger partial charge in [0.15, 0.2) is 0 Å². The lowest BCUT2D eigenvalue weighted by molar-refractivity contribution is -0.147. The molecule has 1 heterocycles. The molecule has 5 nitrogen and oxygen atoms in total. The van der Waals surface area contributed by atoms with Crippen LogP contribution in [0.5, 0.6) is 0 Å². The highest BCUT2D eigenvalue weighted by Gasteiger charge is 2.18. The molecule has 1 aliphatic rings. The maximum atomic E-state index is 11.6. The molecule has 0 aromatic carbocycles. The number of cyclic esters (lactones) is 1. The van der Waals surface area contributed by atoms with Crippen LogP contribution in [0.4, 0.5) is 0 Å². The Bertz CT molecular complexity index is 329. The molecule has 5 heteroatoms. The van der Waals surface area contributed by atoms with Crippen molar-refractivity contribution in [3.8, 4) is 0 Å². The summed E-state index contributed by atoms with van der Waals surface area (Å²) in [6.45, 7) is 1.66. The number of carbonyl (C=O) groups is 1. The van der Waals surface area contributed by atoms with Gasteiger partial charge in [0, 0.05) is 6.08 Å². The summed E-state index contributed by atoms with van der Waals surface area (Å²) >= 11 is 0. The minimum absolute atomic E-state index is 0.523.